The van der Waals surface area contributed by atoms with Crippen molar-refractivity contribution < 1.29 is 32.3 Å². The van der Waals surface area contributed by atoms with Gasteiger partial charge >= 0.3 is 20.7 Å². The van der Waals surface area contributed by atoms with Crippen LogP contribution in [0.4, 0.5) is 0 Å². The Balaban J connectivity index is 4.89. The molecular formula is C14H29NO7Si. The van der Waals surface area contributed by atoms with Crippen LogP contribution in [0.15, 0.2) is 0 Å². The molecule has 1 N–H and O–H groups in total. The van der Waals surface area contributed by atoms with Crippen molar-refractivity contribution in [3.05, 3.63) is 0 Å². The van der Waals surface area contributed by atoms with Gasteiger partial charge in [-0.3, -0.25) is 14.9 Å². The summed E-state index contributed by atoms with van der Waals surface area (Å²) in [6, 6.07) is -0.836. The highest BCUT2D eigenvalue weighted by Gasteiger charge is 2.41. The summed E-state index contributed by atoms with van der Waals surface area (Å²) in [6.07, 6.45) is 0.0627. The molecule has 0 aromatic carbocycles. The van der Waals surface area contributed by atoms with Crippen molar-refractivity contribution >= 4 is 20.7 Å². The van der Waals surface area contributed by atoms with Gasteiger partial charge in [-0.05, 0) is 27.7 Å². The van der Waals surface area contributed by atoms with E-state index in [4.69, 9.17) is 22.8 Å². The minimum absolute atomic E-state index is 0.126. The highest BCUT2D eigenvalue weighted by molar-refractivity contribution is 6.60. The summed E-state index contributed by atoms with van der Waals surface area (Å²) in [7, 11) is -1.44. The first-order valence-electron chi connectivity index (χ1n) is 7.87. The summed E-state index contributed by atoms with van der Waals surface area (Å²) in [4.78, 5) is 23.7. The van der Waals surface area contributed by atoms with Gasteiger partial charge in [-0.2, -0.15) is 0 Å². The molecule has 0 bridgehead atoms. The zero-order valence-corrected chi connectivity index (χ0v) is 15.7. The average Bonchev–Trinajstić information content (AvgIpc) is 2.52. The Hall–Kier alpha value is -1.00. The quantitative estimate of drug-likeness (QED) is 0.382. The van der Waals surface area contributed by atoms with Gasteiger partial charge in [0.05, 0.1) is 25.8 Å². The predicted molar refractivity (Wildman–Crippen MR) is 85.7 cm³/mol. The lowest BCUT2D eigenvalue weighted by Gasteiger charge is -2.28. The van der Waals surface area contributed by atoms with Crippen molar-refractivity contribution in [2.75, 3.05) is 39.7 Å². The molecule has 136 valence electrons. The molecule has 0 aliphatic carbocycles. The summed E-state index contributed by atoms with van der Waals surface area (Å²) < 4.78 is 26.5. The summed E-state index contributed by atoms with van der Waals surface area (Å²) >= 11 is 0. The summed E-state index contributed by atoms with van der Waals surface area (Å²) in [5, 5.41) is 2.97. The fraction of sp³-hybridized carbons (Fsp3) is 0.857. The van der Waals surface area contributed by atoms with E-state index in [2.05, 4.69) is 5.32 Å². The molecule has 0 aliphatic rings. The zero-order valence-electron chi connectivity index (χ0n) is 14.7. The third-order valence-corrected chi connectivity index (χ3v) is 5.57. The minimum atomic E-state index is -2.94. The van der Waals surface area contributed by atoms with Gasteiger partial charge in [0.25, 0.3) is 0 Å². The van der Waals surface area contributed by atoms with Crippen LogP contribution in [-0.2, 0) is 32.3 Å². The molecule has 0 aliphatic heterocycles. The second kappa shape index (κ2) is 12.4. The second-order valence-corrected chi connectivity index (χ2v) is 7.15. The number of nitrogens with one attached hydrogen (secondary N) is 1. The third-order valence-electron chi connectivity index (χ3n) is 2.85. The molecule has 1 atom stereocenters. The number of esters is 2. The van der Waals surface area contributed by atoms with Crippen LogP contribution < -0.4 is 5.32 Å². The first kappa shape index (κ1) is 22.0. The smallest absolute Gasteiger partial charge is 0.466 e. The van der Waals surface area contributed by atoms with E-state index in [1.54, 1.807) is 13.8 Å². The van der Waals surface area contributed by atoms with Crippen molar-refractivity contribution in [3.8, 4) is 0 Å². The Morgan fingerprint density at radius 1 is 0.957 bits per heavy atom. The lowest BCUT2D eigenvalue weighted by molar-refractivity contribution is -0.152. The molecule has 0 spiro atoms. The van der Waals surface area contributed by atoms with Gasteiger partial charge < -0.3 is 22.8 Å². The summed E-state index contributed by atoms with van der Waals surface area (Å²) in [5.74, 6) is -0.997. The molecule has 0 amide bonds. The van der Waals surface area contributed by atoms with Crippen LogP contribution in [0.25, 0.3) is 0 Å². The lowest BCUT2D eigenvalue weighted by atomic mass is 10.2. The second-order valence-electron chi connectivity index (χ2n) is 4.45. The van der Waals surface area contributed by atoms with Crippen LogP contribution >= 0.6 is 0 Å². The molecule has 0 radical (unpaired) electrons. The van der Waals surface area contributed by atoms with E-state index in [0.717, 1.165) is 0 Å². The summed E-state index contributed by atoms with van der Waals surface area (Å²) in [6.45, 7) is 8.40. The van der Waals surface area contributed by atoms with Crippen LogP contribution in [-0.4, -0.2) is 66.5 Å². The predicted octanol–water partition coefficient (Wildman–Crippen LogP) is 0.658. The van der Waals surface area contributed by atoms with Gasteiger partial charge in [-0.1, -0.05) is 0 Å². The third kappa shape index (κ3) is 8.42. The highest BCUT2D eigenvalue weighted by atomic mass is 28.4. The SMILES string of the molecule is CCOC(=O)CC(NC[Si](OC)(OCC)OCC)C(=O)OCC. The number of hydrogen-bond donors (Lipinski definition) is 1. The van der Waals surface area contributed by atoms with E-state index in [9.17, 15) is 9.59 Å². The van der Waals surface area contributed by atoms with E-state index in [-0.39, 0.29) is 25.8 Å². The molecule has 0 saturated carbocycles. The molecule has 0 heterocycles. The molecule has 0 rings (SSSR count). The molecule has 0 saturated heterocycles. The van der Waals surface area contributed by atoms with Gasteiger partial charge in [-0.25, -0.2) is 0 Å². The number of rotatable bonds is 13. The topological polar surface area (TPSA) is 92.3 Å². The molecule has 9 heteroatoms. The van der Waals surface area contributed by atoms with Gasteiger partial charge in [0, 0.05) is 20.3 Å². The molecule has 23 heavy (non-hydrogen) atoms. The van der Waals surface area contributed by atoms with Crippen LogP contribution in [0, 0.1) is 0 Å². The van der Waals surface area contributed by atoms with Crippen molar-refractivity contribution in [1.29, 1.82) is 0 Å². The molecular weight excluding hydrogens is 322 g/mol. The monoisotopic (exact) mass is 351 g/mol. The largest absolute Gasteiger partial charge is 0.515 e. The van der Waals surface area contributed by atoms with Crippen LogP contribution in [0.5, 0.6) is 0 Å². The Morgan fingerprint density at radius 2 is 1.52 bits per heavy atom. The number of hydrogen-bond acceptors (Lipinski definition) is 8. The average molecular weight is 351 g/mol. The fourth-order valence-corrected chi connectivity index (χ4v) is 3.93. The first-order chi connectivity index (χ1) is 11.0. The van der Waals surface area contributed by atoms with E-state index in [0.29, 0.717) is 13.2 Å². The van der Waals surface area contributed by atoms with Crippen molar-refractivity contribution in [2.45, 2.75) is 40.2 Å². The zero-order chi connectivity index (χ0) is 17.7. The minimum Gasteiger partial charge on any atom is -0.466 e. The van der Waals surface area contributed by atoms with Crippen LogP contribution in [0.2, 0.25) is 0 Å². The standard InChI is InChI=1S/C14H29NO7Si/c1-6-19-13(16)10-12(14(17)20-7-2)15-11-23(18-5,21-8-3)22-9-4/h12,15H,6-11H2,1-5H3. The van der Waals surface area contributed by atoms with Gasteiger partial charge in [0.2, 0.25) is 0 Å². The maximum absolute atomic E-state index is 12.0. The van der Waals surface area contributed by atoms with Gasteiger partial charge in [0.15, 0.2) is 0 Å². The highest BCUT2D eigenvalue weighted by Crippen LogP contribution is 2.09. The van der Waals surface area contributed by atoms with Crippen molar-refractivity contribution in [3.63, 3.8) is 0 Å². The Labute approximate surface area is 139 Å². The van der Waals surface area contributed by atoms with Gasteiger partial charge in [-0.15, -0.1) is 0 Å². The number of ether oxygens (including phenoxy) is 2. The lowest BCUT2D eigenvalue weighted by Crippen LogP contribution is -2.57. The Bertz CT molecular complexity index is 348. The van der Waals surface area contributed by atoms with Crippen molar-refractivity contribution in [2.24, 2.45) is 0 Å². The number of carbonyl (C=O) groups excluding carboxylic acids is 2. The first-order valence-corrected chi connectivity index (χ1v) is 9.80. The van der Waals surface area contributed by atoms with Crippen LogP contribution in [0.1, 0.15) is 34.1 Å². The van der Waals surface area contributed by atoms with E-state index in [1.807, 2.05) is 13.8 Å². The molecule has 0 fully saturated rings. The van der Waals surface area contributed by atoms with Crippen LogP contribution in [0.3, 0.4) is 0 Å². The molecule has 0 aromatic rings. The number of carbonyl (C=O) groups is 2. The van der Waals surface area contributed by atoms with E-state index < -0.39 is 26.8 Å². The van der Waals surface area contributed by atoms with Gasteiger partial charge in [0.1, 0.15) is 6.04 Å². The Kier molecular flexibility index (Phi) is 11.9. The molecule has 8 nitrogen and oxygen atoms in total. The van der Waals surface area contributed by atoms with E-state index >= 15 is 0 Å². The Morgan fingerprint density at radius 3 is 1.96 bits per heavy atom. The molecule has 1 unspecified atom stereocenters. The maximum atomic E-state index is 12.0. The molecule has 0 aromatic heterocycles. The summed E-state index contributed by atoms with van der Waals surface area (Å²) in [5.41, 5.74) is 0. The van der Waals surface area contributed by atoms with Crippen molar-refractivity contribution in [1.82, 2.24) is 5.32 Å². The maximum Gasteiger partial charge on any atom is 0.515 e. The van der Waals surface area contributed by atoms with E-state index in [1.165, 1.54) is 7.11 Å². The normalized spacial score (nSPS) is 12.7. The fourth-order valence-electron chi connectivity index (χ4n) is 1.89.